The molecule has 5 rings (SSSR count). The van der Waals surface area contributed by atoms with E-state index in [1.54, 1.807) is 29.1 Å². The Morgan fingerprint density at radius 3 is 2.86 bits per heavy atom. The molecule has 4 aromatic heterocycles. The van der Waals surface area contributed by atoms with Gasteiger partial charge in [0.1, 0.15) is 10.7 Å². The SMILES string of the molecule is CC(C)n1ncc2c(C(=O)OCC(=O)Nc3sc4c(c3C(N)=O)CCC4)cc(-c3ccco3)nc21. The molecular formula is C24H23N5O5S. The van der Waals surface area contributed by atoms with Crippen LogP contribution >= 0.6 is 11.3 Å². The normalized spacial score (nSPS) is 12.8. The first-order chi connectivity index (χ1) is 16.8. The zero-order valence-corrected chi connectivity index (χ0v) is 20.0. The first-order valence-electron chi connectivity index (χ1n) is 11.2. The minimum absolute atomic E-state index is 0.00775. The van der Waals surface area contributed by atoms with Crippen molar-refractivity contribution in [2.45, 2.75) is 39.2 Å². The fourth-order valence-corrected chi connectivity index (χ4v) is 5.55. The number of thiophene rings is 1. The molecule has 180 valence electrons. The smallest absolute Gasteiger partial charge is 0.339 e. The molecule has 10 nitrogen and oxygen atoms in total. The predicted octanol–water partition coefficient (Wildman–Crippen LogP) is 3.72. The van der Waals surface area contributed by atoms with Crippen LogP contribution in [0.25, 0.3) is 22.5 Å². The van der Waals surface area contributed by atoms with Gasteiger partial charge in [0.05, 0.1) is 29.0 Å². The van der Waals surface area contributed by atoms with Gasteiger partial charge in [-0.3, -0.25) is 9.59 Å². The van der Waals surface area contributed by atoms with E-state index in [0.29, 0.717) is 33.1 Å². The highest BCUT2D eigenvalue weighted by Crippen LogP contribution is 2.38. The van der Waals surface area contributed by atoms with Gasteiger partial charge in [-0.25, -0.2) is 14.5 Å². The fourth-order valence-electron chi connectivity index (χ4n) is 4.24. The molecule has 11 heteroatoms. The number of furan rings is 1. The van der Waals surface area contributed by atoms with E-state index in [4.69, 9.17) is 14.9 Å². The van der Waals surface area contributed by atoms with Crippen molar-refractivity contribution >= 4 is 45.2 Å². The van der Waals surface area contributed by atoms with E-state index in [1.165, 1.54) is 17.6 Å². The van der Waals surface area contributed by atoms with Gasteiger partial charge < -0.3 is 20.2 Å². The van der Waals surface area contributed by atoms with Crippen LogP contribution in [0.5, 0.6) is 0 Å². The number of rotatable bonds is 7. The van der Waals surface area contributed by atoms with Gasteiger partial charge in [-0.15, -0.1) is 11.3 Å². The van der Waals surface area contributed by atoms with Gasteiger partial charge in [-0.2, -0.15) is 5.10 Å². The van der Waals surface area contributed by atoms with Crippen LogP contribution in [0.3, 0.4) is 0 Å². The van der Waals surface area contributed by atoms with Crippen molar-refractivity contribution in [3.63, 3.8) is 0 Å². The van der Waals surface area contributed by atoms with Gasteiger partial charge in [-0.1, -0.05) is 0 Å². The summed E-state index contributed by atoms with van der Waals surface area (Å²) in [5.41, 5.74) is 7.97. The van der Waals surface area contributed by atoms with Crippen molar-refractivity contribution in [2.75, 3.05) is 11.9 Å². The van der Waals surface area contributed by atoms with Crippen LogP contribution < -0.4 is 11.1 Å². The standard InChI is InChI=1S/C24H23N5O5S/c1-12(2)29-22-15(10-26-29)14(9-16(27-22)17-6-4-8-33-17)24(32)34-11-19(30)28-23-20(21(25)31)13-5-3-7-18(13)35-23/h4,6,8-10,12H,3,5,7,11H2,1-2H3,(H2,25,31)(H,28,30). The summed E-state index contributed by atoms with van der Waals surface area (Å²) in [4.78, 5) is 43.2. The maximum Gasteiger partial charge on any atom is 0.339 e. The number of carbonyl (C=O) groups is 3. The van der Waals surface area contributed by atoms with Gasteiger partial charge in [0.2, 0.25) is 0 Å². The Bertz CT molecular complexity index is 1450. The Kier molecular flexibility index (Phi) is 5.85. The molecule has 0 radical (unpaired) electrons. The van der Waals surface area contributed by atoms with Crippen molar-refractivity contribution in [2.24, 2.45) is 5.73 Å². The number of pyridine rings is 1. The van der Waals surface area contributed by atoms with Crippen molar-refractivity contribution in [1.82, 2.24) is 14.8 Å². The molecule has 0 saturated heterocycles. The number of carbonyl (C=O) groups excluding carboxylic acids is 3. The maximum atomic E-state index is 13.0. The van der Waals surface area contributed by atoms with Gasteiger partial charge in [0.15, 0.2) is 18.0 Å². The number of fused-ring (bicyclic) bond motifs is 2. The number of nitrogens with two attached hydrogens (primary N) is 1. The number of nitrogens with zero attached hydrogens (tertiary/aromatic N) is 3. The van der Waals surface area contributed by atoms with E-state index in [9.17, 15) is 14.4 Å². The molecule has 0 saturated carbocycles. The molecule has 2 amide bonds. The number of aromatic nitrogens is 3. The molecule has 0 spiro atoms. The van der Waals surface area contributed by atoms with Crippen LogP contribution in [0.4, 0.5) is 5.00 Å². The summed E-state index contributed by atoms with van der Waals surface area (Å²) >= 11 is 1.34. The minimum atomic E-state index is -0.701. The van der Waals surface area contributed by atoms with Crippen LogP contribution in [-0.4, -0.2) is 39.2 Å². The number of amides is 2. The number of hydrogen-bond donors (Lipinski definition) is 2. The Balaban J connectivity index is 1.38. The van der Waals surface area contributed by atoms with E-state index in [2.05, 4.69) is 15.4 Å². The fraction of sp³-hybridized carbons (Fsp3) is 0.292. The van der Waals surface area contributed by atoms with Crippen molar-refractivity contribution in [1.29, 1.82) is 0 Å². The Morgan fingerprint density at radius 2 is 2.14 bits per heavy atom. The first-order valence-corrected chi connectivity index (χ1v) is 12.0. The summed E-state index contributed by atoms with van der Waals surface area (Å²) in [7, 11) is 0. The lowest BCUT2D eigenvalue weighted by molar-refractivity contribution is -0.119. The van der Waals surface area contributed by atoms with E-state index in [1.807, 2.05) is 13.8 Å². The second kappa shape index (κ2) is 8.99. The molecule has 0 aliphatic heterocycles. The third-order valence-electron chi connectivity index (χ3n) is 5.80. The van der Waals surface area contributed by atoms with Crippen LogP contribution in [0.2, 0.25) is 0 Å². The largest absolute Gasteiger partial charge is 0.463 e. The number of nitrogens with one attached hydrogen (secondary N) is 1. The number of ether oxygens (including phenoxy) is 1. The molecule has 0 atom stereocenters. The summed E-state index contributed by atoms with van der Waals surface area (Å²) < 4.78 is 12.5. The van der Waals surface area contributed by atoms with Gasteiger partial charge in [-0.05, 0) is 56.9 Å². The minimum Gasteiger partial charge on any atom is -0.463 e. The quantitative estimate of drug-likeness (QED) is 0.374. The number of anilines is 1. The summed E-state index contributed by atoms with van der Waals surface area (Å²) in [6, 6.07) is 5.03. The zero-order chi connectivity index (χ0) is 24.7. The molecular weight excluding hydrogens is 470 g/mol. The van der Waals surface area contributed by atoms with Crippen molar-refractivity contribution < 1.29 is 23.5 Å². The number of hydrogen-bond acceptors (Lipinski definition) is 8. The lowest BCUT2D eigenvalue weighted by Crippen LogP contribution is -2.23. The lowest BCUT2D eigenvalue weighted by atomic mass is 10.1. The van der Waals surface area contributed by atoms with E-state index >= 15 is 0 Å². The topological polar surface area (TPSA) is 142 Å². The second-order valence-corrected chi connectivity index (χ2v) is 9.61. The molecule has 35 heavy (non-hydrogen) atoms. The number of aryl methyl sites for hydroxylation is 1. The summed E-state index contributed by atoms with van der Waals surface area (Å²) in [5.74, 6) is -1.36. The summed E-state index contributed by atoms with van der Waals surface area (Å²) in [6.45, 7) is 3.38. The number of primary amides is 1. The monoisotopic (exact) mass is 493 g/mol. The zero-order valence-electron chi connectivity index (χ0n) is 19.2. The molecule has 0 unspecified atom stereocenters. The molecule has 4 aromatic rings. The molecule has 3 N–H and O–H groups in total. The van der Waals surface area contributed by atoms with Crippen LogP contribution in [-0.2, 0) is 22.4 Å². The van der Waals surface area contributed by atoms with E-state index in [0.717, 1.165) is 29.7 Å². The van der Waals surface area contributed by atoms with Crippen molar-refractivity contribution in [3.8, 4) is 11.5 Å². The molecule has 1 aliphatic carbocycles. The Morgan fingerprint density at radius 1 is 1.31 bits per heavy atom. The molecule has 0 fully saturated rings. The van der Waals surface area contributed by atoms with Crippen molar-refractivity contribution in [3.05, 3.63) is 52.2 Å². The number of esters is 1. The predicted molar refractivity (Wildman–Crippen MR) is 129 cm³/mol. The summed E-state index contributed by atoms with van der Waals surface area (Å²) in [5, 5.41) is 7.93. The third-order valence-corrected chi connectivity index (χ3v) is 7.01. The van der Waals surface area contributed by atoms with E-state index in [-0.39, 0.29) is 11.6 Å². The molecule has 1 aliphatic rings. The third kappa shape index (κ3) is 4.18. The average Bonchev–Trinajstić information content (AvgIpc) is 3.59. The second-order valence-electron chi connectivity index (χ2n) is 8.50. The molecule has 4 heterocycles. The highest BCUT2D eigenvalue weighted by molar-refractivity contribution is 7.17. The van der Waals surface area contributed by atoms with E-state index < -0.39 is 24.4 Å². The Labute approximate surface area is 204 Å². The van der Waals surface area contributed by atoms with Crippen LogP contribution in [0.15, 0.2) is 35.1 Å². The molecule has 0 bridgehead atoms. The van der Waals surface area contributed by atoms with Gasteiger partial charge >= 0.3 is 5.97 Å². The Hall–Kier alpha value is -3.99. The maximum absolute atomic E-state index is 13.0. The van der Waals surface area contributed by atoms with Gasteiger partial charge in [0.25, 0.3) is 11.8 Å². The highest BCUT2D eigenvalue weighted by Gasteiger charge is 2.27. The average molecular weight is 494 g/mol. The van der Waals surface area contributed by atoms with Crippen LogP contribution in [0, 0.1) is 0 Å². The highest BCUT2D eigenvalue weighted by atomic mass is 32.1. The lowest BCUT2D eigenvalue weighted by Gasteiger charge is -2.10. The first kappa shape index (κ1) is 22.8. The van der Waals surface area contributed by atoms with Gasteiger partial charge in [0, 0.05) is 10.9 Å². The molecule has 0 aromatic carbocycles. The van der Waals surface area contributed by atoms with Crippen LogP contribution in [0.1, 0.15) is 57.5 Å². The summed E-state index contributed by atoms with van der Waals surface area (Å²) in [6.07, 6.45) is 5.64.